The molecule has 1 aliphatic rings. The van der Waals surface area contributed by atoms with E-state index in [0.29, 0.717) is 0 Å². The lowest BCUT2D eigenvalue weighted by molar-refractivity contribution is -0.303. The third kappa shape index (κ3) is 2.02. The van der Waals surface area contributed by atoms with Gasteiger partial charge in [-0.1, -0.05) is 0 Å². The van der Waals surface area contributed by atoms with Gasteiger partial charge in [-0.2, -0.15) is 13.2 Å². The van der Waals surface area contributed by atoms with Crippen LogP contribution in [0.15, 0.2) is 18.2 Å². The fourth-order valence-electron chi connectivity index (χ4n) is 1.19. The maximum Gasteiger partial charge on any atom is 0.488 e. The molecule has 1 aromatic carbocycles. The summed E-state index contributed by atoms with van der Waals surface area (Å²) in [4.78, 5) is 10.8. The van der Waals surface area contributed by atoms with E-state index in [1.807, 2.05) is 0 Å². The van der Waals surface area contributed by atoms with Crippen molar-refractivity contribution in [2.75, 3.05) is 0 Å². The number of carbonyl (C=O) groups is 1. The zero-order chi connectivity index (χ0) is 12.8. The molecule has 1 aromatic rings. The molecule has 1 unspecified atom stereocenters. The molecule has 0 saturated heterocycles. The van der Waals surface area contributed by atoms with Gasteiger partial charge in [0.05, 0.1) is 0 Å². The van der Waals surface area contributed by atoms with Gasteiger partial charge in [0.1, 0.15) is 0 Å². The van der Waals surface area contributed by atoms with Gasteiger partial charge in [-0.25, -0.2) is 0 Å². The molecular formula is C9H3Cl2F3O3. The molecule has 1 aliphatic heterocycles. The zero-order valence-electron chi connectivity index (χ0n) is 7.85. The largest absolute Gasteiger partial charge is 0.488 e. The minimum Gasteiger partial charge on any atom is -0.434 e. The fraction of sp³-hybridized carbons (Fsp3) is 0.222. The fourth-order valence-corrected chi connectivity index (χ4v) is 1.43. The van der Waals surface area contributed by atoms with E-state index in [1.54, 1.807) is 0 Å². The van der Waals surface area contributed by atoms with Gasteiger partial charge in [0, 0.05) is 5.56 Å². The molecule has 8 heteroatoms. The Morgan fingerprint density at radius 2 is 1.82 bits per heavy atom. The smallest absolute Gasteiger partial charge is 0.434 e. The summed E-state index contributed by atoms with van der Waals surface area (Å²) in [6.45, 7) is 0. The Morgan fingerprint density at radius 3 is 2.41 bits per heavy atom. The van der Waals surface area contributed by atoms with Crippen LogP contribution in [0.25, 0.3) is 0 Å². The number of fused-ring (bicyclic) bond motifs is 1. The van der Waals surface area contributed by atoms with Crippen LogP contribution in [0.4, 0.5) is 13.2 Å². The number of hydrogen-bond acceptors (Lipinski definition) is 3. The molecule has 2 rings (SSSR count). The van der Waals surface area contributed by atoms with Gasteiger partial charge in [-0.3, -0.25) is 4.79 Å². The van der Waals surface area contributed by atoms with Gasteiger partial charge >= 0.3 is 11.4 Å². The highest BCUT2D eigenvalue weighted by Crippen LogP contribution is 2.48. The highest BCUT2D eigenvalue weighted by Gasteiger charge is 2.63. The first-order chi connectivity index (χ1) is 7.73. The number of rotatable bonds is 1. The summed E-state index contributed by atoms with van der Waals surface area (Å²) in [6.07, 6.45) is -4.34. The summed E-state index contributed by atoms with van der Waals surface area (Å²) in [7, 11) is 0. The molecule has 1 atom stereocenters. The summed E-state index contributed by atoms with van der Waals surface area (Å²) in [5, 5.41) is -4.69. The summed E-state index contributed by atoms with van der Waals surface area (Å²) >= 11 is 10.0. The average Bonchev–Trinajstić information content (AvgIpc) is 2.17. The van der Waals surface area contributed by atoms with Crippen molar-refractivity contribution in [1.82, 2.24) is 0 Å². The lowest BCUT2D eigenvalue weighted by Gasteiger charge is -2.33. The molecule has 92 valence electrons. The highest BCUT2D eigenvalue weighted by atomic mass is 35.5. The van der Waals surface area contributed by atoms with Crippen molar-refractivity contribution in [3.05, 3.63) is 23.8 Å². The molecule has 0 bridgehead atoms. The molecular weight excluding hydrogens is 284 g/mol. The Kier molecular flexibility index (Phi) is 2.67. The van der Waals surface area contributed by atoms with E-state index in [0.717, 1.165) is 18.2 Å². The van der Waals surface area contributed by atoms with Crippen LogP contribution in [0, 0.1) is 0 Å². The number of hydrogen-bond donors (Lipinski definition) is 0. The van der Waals surface area contributed by atoms with Crippen molar-refractivity contribution in [1.29, 1.82) is 0 Å². The average molecular weight is 287 g/mol. The Balaban J connectivity index is 2.47. The molecule has 0 radical (unpaired) electrons. The third-order valence-electron chi connectivity index (χ3n) is 1.99. The second-order valence-corrected chi connectivity index (χ2v) is 4.00. The summed E-state index contributed by atoms with van der Waals surface area (Å²) in [5.74, 6) is -0.870. The number of halogens is 5. The van der Waals surface area contributed by atoms with E-state index < -0.39 is 28.2 Å². The van der Waals surface area contributed by atoms with Crippen molar-refractivity contribution >= 4 is 28.4 Å². The summed E-state index contributed by atoms with van der Waals surface area (Å²) in [6, 6.07) is 3.09. The molecule has 1 heterocycles. The van der Waals surface area contributed by atoms with Gasteiger partial charge in [0.25, 0.3) is 5.24 Å². The van der Waals surface area contributed by atoms with Crippen molar-refractivity contribution in [2.24, 2.45) is 0 Å². The van der Waals surface area contributed by atoms with Gasteiger partial charge in [-0.15, -0.1) is 0 Å². The van der Waals surface area contributed by atoms with E-state index >= 15 is 0 Å². The molecule has 0 fully saturated rings. The quantitative estimate of drug-likeness (QED) is 0.587. The van der Waals surface area contributed by atoms with Crippen molar-refractivity contribution < 1.29 is 27.4 Å². The number of ether oxygens (including phenoxy) is 2. The van der Waals surface area contributed by atoms with E-state index in [9.17, 15) is 18.0 Å². The molecule has 0 aliphatic carbocycles. The first-order valence-electron chi connectivity index (χ1n) is 4.20. The molecule has 17 heavy (non-hydrogen) atoms. The zero-order valence-corrected chi connectivity index (χ0v) is 9.36. The van der Waals surface area contributed by atoms with Crippen LogP contribution in [-0.2, 0) is 0 Å². The first-order valence-corrected chi connectivity index (χ1v) is 4.96. The van der Waals surface area contributed by atoms with Gasteiger partial charge in [0.2, 0.25) is 0 Å². The molecule has 3 nitrogen and oxygen atoms in total. The molecule has 0 aromatic heterocycles. The van der Waals surface area contributed by atoms with Crippen LogP contribution in [-0.4, -0.2) is 16.7 Å². The minimum absolute atomic E-state index is 0.0632. The predicted octanol–water partition coefficient (Wildman–Crippen LogP) is 3.29. The van der Waals surface area contributed by atoms with Gasteiger partial charge in [0.15, 0.2) is 11.5 Å². The standard InChI is InChI=1S/C9H3Cl2F3O3/c10-7(15)4-1-2-5-6(3-4)16-8(11,12)9(13,14)17-5/h1-3H. The van der Waals surface area contributed by atoms with Crippen molar-refractivity contribution in [2.45, 2.75) is 11.4 Å². The topological polar surface area (TPSA) is 35.5 Å². The number of benzene rings is 1. The Bertz CT molecular complexity index is 490. The predicted molar refractivity (Wildman–Crippen MR) is 52.5 cm³/mol. The van der Waals surface area contributed by atoms with Crippen molar-refractivity contribution in [3.63, 3.8) is 0 Å². The molecule has 0 N–H and O–H groups in total. The Hall–Kier alpha value is -1.14. The van der Waals surface area contributed by atoms with Crippen LogP contribution < -0.4 is 9.47 Å². The Morgan fingerprint density at radius 1 is 1.18 bits per heavy atom. The maximum absolute atomic E-state index is 13.2. The van der Waals surface area contributed by atoms with Crippen LogP contribution in [0.1, 0.15) is 10.4 Å². The normalized spacial score (nSPS) is 25.5. The molecule has 0 spiro atoms. The highest BCUT2D eigenvalue weighted by molar-refractivity contribution is 6.67. The summed E-state index contributed by atoms with van der Waals surface area (Å²) in [5.41, 5.74) is -0.0632. The van der Waals surface area contributed by atoms with Crippen LogP contribution in [0.5, 0.6) is 11.5 Å². The second-order valence-electron chi connectivity index (χ2n) is 3.17. The minimum atomic E-state index is -4.34. The van der Waals surface area contributed by atoms with Crippen LogP contribution in [0.2, 0.25) is 0 Å². The SMILES string of the molecule is O=C(Cl)c1ccc2c(c1)OC(F)(Cl)C(F)(F)O2. The maximum atomic E-state index is 13.2. The lowest BCUT2D eigenvalue weighted by atomic mass is 10.2. The molecule has 0 saturated carbocycles. The monoisotopic (exact) mass is 286 g/mol. The van der Waals surface area contributed by atoms with Gasteiger partial charge < -0.3 is 9.47 Å². The third-order valence-corrected chi connectivity index (χ3v) is 2.50. The van der Waals surface area contributed by atoms with E-state index in [4.69, 9.17) is 23.2 Å². The molecule has 0 amide bonds. The number of alkyl halides is 4. The van der Waals surface area contributed by atoms with E-state index in [2.05, 4.69) is 9.47 Å². The summed E-state index contributed by atoms with van der Waals surface area (Å²) < 4.78 is 47.4. The second kappa shape index (κ2) is 3.68. The van der Waals surface area contributed by atoms with Crippen molar-refractivity contribution in [3.8, 4) is 11.5 Å². The van der Waals surface area contributed by atoms with Gasteiger partial charge in [-0.05, 0) is 41.4 Å². The first kappa shape index (κ1) is 12.3. The van der Waals surface area contributed by atoms with E-state index in [-0.39, 0.29) is 5.56 Å². The Labute approximate surface area is 103 Å². The van der Waals surface area contributed by atoms with Crippen LogP contribution >= 0.6 is 23.2 Å². The number of carbonyl (C=O) groups excluding carboxylic acids is 1. The van der Waals surface area contributed by atoms with E-state index in [1.165, 1.54) is 0 Å². The van der Waals surface area contributed by atoms with Crippen LogP contribution in [0.3, 0.4) is 0 Å². The lowest BCUT2D eigenvalue weighted by Crippen LogP contribution is -2.51.